The molecule has 2 aromatic carbocycles. The molecule has 0 spiro atoms. The Kier molecular flexibility index (Phi) is 5.60. The van der Waals surface area contributed by atoms with Crippen LogP contribution in [-0.2, 0) is 6.18 Å². The minimum atomic E-state index is -4.49. The maximum Gasteiger partial charge on any atom is 0.416 e. The van der Waals surface area contributed by atoms with E-state index in [1.165, 1.54) is 19.1 Å². The summed E-state index contributed by atoms with van der Waals surface area (Å²) in [5.74, 6) is -1.44. The smallest absolute Gasteiger partial charge is 0.416 e. The number of rotatable bonds is 4. The average molecular weight is 434 g/mol. The lowest BCUT2D eigenvalue weighted by atomic mass is 10.1. The molecule has 0 bridgehead atoms. The first-order valence-electron chi connectivity index (χ1n) is 8.85. The molecule has 0 aliphatic heterocycles. The van der Waals surface area contributed by atoms with Gasteiger partial charge in [0.15, 0.2) is 0 Å². The van der Waals surface area contributed by atoms with Crippen molar-refractivity contribution >= 4 is 11.6 Å². The van der Waals surface area contributed by atoms with Gasteiger partial charge < -0.3 is 10.2 Å². The second kappa shape index (κ2) is 8.01. The minimum absolute atomic E-state index is 0.120. The fraction of sp³-hybridized carbons (Fsp3) is 0.150. The third-order valence-corrected chi connectivity index (χ3v) is 4.44. The summed E-state index contributed by atoms with van der Waals surface area (Å²) in [6.07, 6.45) is -4.49. The summed E-state index contributed by atoms with van der Waals surface area (Å²) in [5.41, 5.74) is 1.49. The van der Waals surface area contributed by atoms with E-state index >= 15 is 0 Å². The van der Waals surface area contributed by atoms with Gasteiger partial charge in [-0.2, -0.15) is 18.3 Å². The van der Waals surface area contributed by atoms with Gasteiger partial charge in [-0.15, -0.1) is 0 Å². The van der Waals surface area contributed by atoms with Crippen LogP contribution < -0.4 is 11.0 Å². The first-order valence-corrected chi connectivity index (χ1v) is 8.85. The molecule has 0 saturated carbocycles. The van der Waals surface area contributed by atoms with Crippen LogP contribution in [-0.4, -0.2) is 31.6 Å². The zero-order chi connectivity index (χ0) is 22.9. The lowest BCUT2D eigenvalue weighted by Crippen LogP contribution is -2.23. The van der Waals surface area contributed by atoms with Crippen molar-refractivity contribution in [2.24, 2.45) is 5.10 Å². The molecule has 0 aliphatic rings. The van der Waals surface area contributed by atoms with Gasteiger partial charge >= 0.3 is 6.18 Å². The highest BCUT2D eigenvalue weighted by Gasteiger charge is 2.30. The number of halogens is 3. The summed E-state index contributed by atoms with van der Waals surface area (Å²) in [4.78, 5) is 24.9. The number of amides is 1. The highest BCUT2D eigenvalue weighted by atomic mass is 19.4. The number of carbonyl (C=O) groups is 1. The molecule has 1 heterocycles. The Hall–Kier alpha value is -4.02. The van der Waals surface area contributed by atoms with Gasteiger partial charge in [0, 0.05) is 11.8 Å². The van der Waals surface area contributed by atoms with Crippen molar-refractivity contribution in [2.45, 2.75) is 20.0 Å². The van der Waals surface area contributed by atoms with Crippen LogP contribution in [0.5, 0.6) is 11.5 Å². The number of hydrazone groups is 1. The van der Waals surface area contributed by atoms with Crippen LogP contribution in [0, 0.1) is 6.92 Å². The van der Waals surface area contributed by atoms with Crippen molar-refractivity contribution in [2.75, 3.05) is 0 Å². The van der Waals surface area contributed by atoms with Gasteiger partial charge in [0.2, 0.25) is 0 Å². The predicted molar refractivity (Wildman–Crippen MR) is 106 cm³/mol. The molecule has 1 amide bonds. The number of aromatic amines is 1. The molecule has 4 N–H and O–H groups in total. The number of phenols is 2. The third-order valence-electron chi connectivity index (χ3n) is 4.44. The van der Waals surface area contributed by atoms with Crippen molar-refractivity contribution in [1.29, 1.82) is 0 Å². The molecule has 0 unspecified atom stereocenters. The fourth-order valence-electron chi connectivity index (χ4n) is 2.92. The van der Waals surface area contributed by atoms with Gasteiger partial charge in [-0.1, -0.05) is 0 Å². The van der Waals surface area contributed by atoms with E-state index in [4.69, 9.17) is 0 Å². The maximum absolute atomic E-state index is 12.8. The second-order valence-electron chi connectivity index (χ2n) is 6.64. The largest absolute Gasteiger partial charge is 0.508 e. The lowest BCUT2D eigenvalue weighted by Gasteiger charge is -2.07. The number of aromatic hydroxyl groups is 2. The van der Waals surface area contributed by atoms with E-state index in [1.54, 1.807) is 6.92 Å². The molecule has 0 fully saturated rings. The van der Waals surface area contributed by atoms with E-state index in [9.17, 15) is 33.0 Å². The van der Waals surface area contributed by atoms with Crippen molar-refractivity contribution in [3.8, 4) is 17.2 Å². The number of aryl methyl sites for hydroxylation is 1. The topological polar surface area (TPSA) is 120 Å². The van der Waals surface area contributed by atoms with E-state index in [0.29, 0.717) is 5.69 Å². The third kappa shape index (κ3) is 4.44. The zero-order valence-corrected chi connectivity index (χ0v) is 16.3. The monoisotopic (exact) mass is 434 g/mol. The van der Waals surface area contributed by atoms with Crippen LogP contribution in [0.15, 0.2) is 52.4 Å². The number of alkyl halides is 3. The number of benzene rings is 2. The number of hydrogen-bond acceptors (Lipinski definition) is 5. The van der Waals surface area contributed by atoms with E-state index < -0.39 is 29.0 Å². The van der Waals surface area contributed by atoms with E-state index in [1.807, 2.05) is 0 Å². The Morgan fingerprint density at radius 1 is 1.13 bits per heavy atom. The van der Waals surface area contributed by atoms with Crippen molar-refractivity contribution in [3.63, 3.8) is 0 Å². The average Bonchev–Trinajstić information content (AvgIpc) is 2.99. The molecule has 31 heavy (non-hydrogen) atoms. The molecule has 11 heteroatoms. The fourth-order valence-corrected chi connectivity index (χ4v) is 2.92. The summed E-state index contributed by atoms with van der Waals surface area (Å²) in [6, 6.07) is 7.45. The molecule has 162 valence electrons. The summed E-state index contributed by atoms with van der Waals surface area (Å²) >= 11 is 0. The van der Waals surface area contributed by atoms with Gasteiger partial charge in [0.1, 0.15) is 11.5 Å². The van der Waals surface area contributed by atoms with Gasteiger partial charge in [-0.3, -0.25) is 14.7 Å². The van der Waals surface area contributed by atoms with Gasteiger partial charge in [-0.05, 0) is 50.2 Å². The van der Waals surface area contributed by atoms with Crippen molar-refractivity contribution < 1.29 is 28.2 Å². The molecule has 3 aromatic rings. The second-order valence-corrected chi connectivity index (χ2v) is 6.64. The van der Waals surface area contributed by atoms with Crippen molar-refractivity contribution in [1.82, 2.24) is 15.2 Å². The lowest BCUT2D eigenvalue weighted by molar-refractivity contribution is -0.137. The first kappa shape index (κ1) is 21.7. The predicted octanol–water partition coefficient (Wildman–Crippen LogP) is 3.06. The molecular formula is C20H17F3N4O4. The Morgan fingerprint density at radius 3 is 2.35 bits per heavy atom. The Balaban J connectivity index is 1.87. The first-order chi connectivity index (χ1) is 14.5. The van der Waals surface area contributed by atoms with Gasteiger partial charge in [0.25, 0.3) is 11.5 Å². The van der Waals surface area contributed by atoms with Crippen LogP contribution in [0.3, 0.4) is 0 Å². The number of nitrogens with one attached hydrogen (secondary N) is 2. The van der Waals surface area contributed by atoms with Crippen LogP contribution in [0.2, 0.25) is 0 Å². The molecule has 0 aliphatic carbocycles. The van der Waals surface area contributed by atoms with Gasteiger partial charge in [-0.25, -0.2) is 10.1 Å². The quantitative estimate of drug-likeness (QED) is 0.373. The highest BCUT2D eigenvalue weighted by molar-refractivity contribution is 6.02. The number of nitrogens with zero attached hydrogens (tertiary/aromatic N) is 2. The van der Waals surface area contributed by atoms with E-state index in [2.05, 4.69) is 15.6 Å². The van der Waals surface area contributed by atoms with Crippen LogP contribution in [0.25, 0.3) is 5.69 Å². The maximum atomic E-state index is 12.8. The Labute approximate surface area is 173 Å². The number of phenolic OH excluding ortho intramolecular Hbond substituents is 2. The number of aromatic nitrogens is 2. The SMILES string of the molecule is C/C(=N/NC(=O)c1ccc(O)cc1O)c1c(C)[nH]n(-c2ccc(C(F)(F)F)cc2)c1=O. The normalized spacial score (nSPS) is 12.1. The Morgan fingerprint density at radius 2 is 1.77 bits per heavy atom. The van der Waals surface area contributed by atoms with Crippen molar-refractivity contribution in [3.05, 3.63) is 75.2 Å². The number of H-pyrrole nitrogens is 1. The standard InChI is InChI=1S/C20H17F3N4O4/c1-10(24-25-18(30)15-8-7-14(28)9-16(15)29)17-11(2)26-27(19(17)31)13-5-3-12(4-6-13)20(21,22)23/h3-9,26,28-29H,1-2H3,(H,25,30)/b24-10-. The van der Waals surface area contributed by atoms with E-state index in [0.717, 1.165) is 35.0 Å². The van der Waals surface area contributed by atoms with Gasteiger partial charge in [0.05, 0.1) is 28.1 Å². The molecule has 0 saturated heterocycles. The number of carbonyl (C=O) groups excluding carboxylic acids is 1. The number of hydrogen-bond donors (Lipinski definition) is 4. The summed E-state index contributed by atoms with van der Waals surface area (Å²) in [7, 11) is 0. The summed E-state index contributed by atoms with van der Waals surface area (Å²) in [6.45, 7) is 3.04. The molecular weight excluding hydrogens is 417 g/mol. The molecule has 1 aromatic heterocycles. The zero-order valence-electron chi connectivity index (χ0n) is 16.3. The molecule has 3 rings (SSSR count). The molecule has 8 nitrogen and oxygen atoms in total. The summed E-state index contributed by atoms with van der Waals surface area (Å²) in [5, 5.41) is 25.7. The Bertz CT molecular complexity index is 1220. The van der Waals surface area contributed by atoms with Crippen LogP contribution in [0.4, 0.5) is 13.2 Å². The summed E-state index contributed by atoms with van der Waals surface area (Å²) < 4.78 is 39.3. The van der Waals surface area contributed by atoms with Crippen LogP contribution >= 0.6 is 0 Å². The van der Waals surface area contributed by atoms with E-state index in [-0.39, 0.29) is 28.3 Å². The minimum Gasteiger partial charge on any atom is -0.508 e. The van der Waals surface area contributed by atoms with Crippen LogP contribution in [0.1, 0.15) is 34.1 Å². The highest BCUT2D eigenvalue weighted by Crippen LogP contribution is 2.29. The molecule has 0 atom stereocenters. The molecule has 0 radical (unpaired) electrons.